The van der Waals surface area contributed by atoms with Crippen molar-refractivity contribution < 1.29 is 9.59 Å². The maximum atomic E-state index is 12.4. The molecule has 3 rings (SSSR count). The van der Waals surface area contributed by atoms with Gasteiger partial charge < -0.3 is 16.5 Å². The third kappa shape index (κ3) is 3.35. The van der Waals surface area contributed by atoms with E-state index < -0.39 is 11.3 Å². The number of rotatable bonds is 5. The van der Waals surface area contributed by atoms with Gasteiger partial charge in [-0.3, -0.25) is 19.3 Å². The fourth-order valence-corrected chi connectivity index (χ4v) is 3.81. The van der Waals surface area contributed by atoms with Gasteiger partial charge in [-0.05, 0) is 44.0 Å². The Balaban J connectivity index is 1.87. The first kappa shape index (κ1) is 18.1. The molecule has 0 saturated carbocycles. The number of primary amides is 2. The highest BCUT2D eigenvalue weighted by atomic mass is 16.1. The van der Waals surface area contributed by atoms with Gasteiger partial charge in [-0.25, -0.2) is 0 Å². The number of hydrogen-bond acceptors (Lipinski definition) is 4. The predicted octanol–water partition coefficient (Wildman–Crippen LogP) is 1.10. The van der Waals surface area contributed by atoms with E-state index >= 15 is 0 Å². The summed E-state index contributed by atoms with van der Waals surface area (Å²) in [6.45, 7) is 3.98. The molecule has 1 fully saturated rings. The molecule has 0 bridgehead atoms. The van der Waals surface area contributed by atoms with Gasteiger partial charge in [0.15, 0.2) is 5.43 Å². The molecule has 1 aromatic heterocycles. The summed E-state index contributed by atoms with van der Waals surface area (Å²) >= 11 is 0. The van der Waals surface area contributed by atoms with Gasteiger partial charge in [0.25, 0.3) is 0 Å². The zero-order chi connectivity index (χ0) is 18.9. The summed E-state index contributed by atoms with van der Waals surface area (Å²) < 4.78 is 0. The van der Waals surface area contributed by atoms with Crippen molar-refractivity contribution in [3.05, 3.63) is 45.7 Å². The van der Waals surface area contributed by atoms with Gasteiger partial charge in [-0.1, -0.05) is 6.92 Å². The molecule has 1 aromatic carbocycles. The quantitative estimate of drug-likeness (QED) is 0.742. The van der Waals surface area contributed by atoms with E-state index in [1.807, 2.05) is 6.92 Å². The molecular formula is C19H24N4O3. The Morgan fingerprint density at radius 2 is 2.04 bits per heavy atom. The van der Waals surface area contributed by atoms with Gasteiger partial charge in [0, 0.05) is 41.3 Å². The first-order valence-electron chi connectivity index (χ1n) is 8.83. The van der Waals surface area contributed by atoms with Crippen LogP contribution in [0.25, 0.3) is 10.9 Å². The lowest BCUT2D eigenvalue weighted by molar-refractivity contribution is -0.131. The smallest absolute Gasteiger partial charge is 0.248 e. The Labute approximate surface area is 151 Å². The molecule has 5 N–H and O–H groups in total. The van der Waals surface area contributed by atoms with Crippen molar-refractivity contribution in [1.29, 1.82) is 0 Å². The average molecular weight is 356 g/mol. The van der Waals surface area contributed by atoms with Crippen LogP contribution in [0.5, 0.6) is 0 Å². The zero-order valence-electron chi connectivity index (χ0n) is 14.9. The average Bonchev–Trinajstić information content (AvgIpc) is 2.61. The number of carbonyl (C=O) groups is 2. The second-order valence-corrected chi connectivity index (χ2v) is 7.10. The van der Waals surface area contributed by atoms with Crippen LogP contribution < -0.4 is 16.9 Å². The summed E-state index contributed by atoms with van der Waals surface area (Å²) in [5.74, 6) is -0.818. The highest BCUT2D eigenvalue weighted by molar-refractivity contribution is 5.96. The SMILES string of the molecule is CC[C@]1(C(N)=O)CCCN(Cc2cc(=O)c3cc(C(N)=O)ccc3[nH]2)C1. The highest BCUT2D eigenvalue weighted by Gasteiger charge is 2.39. The van der Waals surface area contributed by atoms with Crippen LogP contribution in [-0.2, 0) is 11.3 Å². The number of piperidine rings is 1. The van der Waals surface area contributed by atoms with E-state index in [0.29, 0.717) is 36.0 Å². The number of pyridine rings is 1. The van der Waals surface area contributed by atoms with Crippen molar-refractivity contribution in [3.63, 3.8) is 0 Å². The maximum absolute atomic E-state index is 12.4. The number of aromatic amines is 1. The number of nitrogens with one attached hydrogen (secondary N) is 1. The first-order valence-corrected chi connectivity index (χ1v) is 8.83. The normalized spacial score (nSPS) is 21.0. The number of amides is 2. The molecule has 1 atom stereocenters. The monoisotopic (exact) mass is 356 g/mol. The van der Waals surface area contributed by atoms with E-state index in [4.69, 9.17) is 11.5 Å². The van der Waals surface area contributed by atoms with Gasteiger partial charge in [-0.2, -0.15) is 0 Å². The van der Waals surface area contributed by atoms with Crippen LogP contribution in [0.2, 0.25) is 0 Å². The summed E-state index contributed by atoms with van der Waals surface area (Å²) in [5.41, 5.74) is 12.0. The van der Waals surface area contributed by atoms with Crippen LogP contribution in [0.4, 0.5) is 0 Å². The number of benzene rings is 1. The molecule has 1 aliphatic heterocycles. The van der Waals surface area contributed by atoms with Crippen LogP contribution in [0.15, 0.2) is 29.1 Å². The maximum Gasteiger partial charge on any atom is 0.248 e. The Morgan fingerprint density at radius 1 is 1.27 bits per heavy atom. The highest BCUT2D eigenvalue weighted by Crippen LogP contribution is 2.33. The Hall–Kier alpha value is -2.67. The molecule has 138 valence electrons. The number of carbonyl (C=O) groups excluding carboxylic acids is 2. The molecular weight excluding hydrogens is 332 g/mol. The molecule has 0 unspecified atom stereocenters. The molecule has 2 aromatic rings. The third-order valence-corrected chi connectivity index (χ3v) is 5.42. The number of aromatic nitrogens is 1. The van der Waals surface area contributed by atoms with E-state index in [1.165, 1.54) is 6.07 Å². The molecule has 2 heterocycles. The summed E-state index contributed by atoms with van der Waals surface area (Å²) in [4.78, 5) is 41.1. The van der Waals surface area contributed by atoms with E-state index in [9.17, 15) is 14.4 Å². The number of fused-ring (bicyclic) bond motifs is 1. The minimum Gasteiger partial charge on any atom is -0.369 e. The lowest BCUT2D eigenvalue weighted by atomic mass is 9.77. The topological polar surface area (TPSA) is 122 Å². The van der Waals surface area contributed by atoms with Crippen molar-refractivity contribution in [2.45, 2.75) is 32.7 Å². The molecule has 0 spiro atoms. The Kier molecular flexibility index (Phi) is 4.82. The van der Waals surface area contributed by atoms with Gasteiger partial charge in [0.2, 0.25) is 11.8 Å². The predicted molar refractivity (Wildman–Crippen MR) is 99.5 cm³/mol. The lowest BCUT2D eigenvalue weighted by Gasteiger charge is -2.40. The number of nitrogens with zero attached hydrogens (tertiary/aromatic N) is 1. The van der Waals surface area contributed by atoms with Crippen molar-refractivity contribution >= 4 is 22.7 Å². The second-order valence-electron chi connectivity index (χ2n) is 7.10. The summed E-state index contributed by atoms with van der Waals surface area (Å²) in [6.07, 6.45) is 2.42. The number of hydrogen-bond donors (Lipinski definition) is 3. The Morgan fingerprint density at radius 3 is 2.69 bits per heavy atom. The van der Waals surface area contributed by atoms with Crippen molar-refractivity contribution in [2.75, 3.05) is 13.1 Å². The van der Waals surface area contributed by atoms with Crippen molar-refractivity contribution in [3.8, 4) is 0 Å². The van der Waals surface area contributed by atoms with Crippen LogP contribution in [0.1, 0.15) is 42.2 Å². The second kappa shape index (κ2) is 6.92. The first-order chi connectivity index (χ1) is 12.3. The number of H-pyrrole nitrogens is 1. The summed E-state index contributed by atoms with van der Waals surface area (Å²) in [7, 11) is 0. The van der Waals surface area contributed by atoms with E-state index in [0.717, 1.165) is 25.1 Å². The fraction of sp³-hybridized carbons (Fsp3) is 0.421. The minimum atomic E-state index is -0.564. The van der Waals surface area contributed by atoms with Crippen LogP contribution in [0, 0.1) is 5.41 Å². The van der Waals surface area contributed by atoms with Crippen LogP contribution >= 0.6 is 0 Å². The molecule has 0 aliphatic carbocycles. The van der Waals surface area contributed by atoms with Crippen LogP contribution in [-0.4, -0.2) is 34.8 Å². The van der Waals surface area contributed by atoms with Gasteiger partial charge in [0.1, 0.15) is 0 Å². The van der Waals surface area contributed by atoms with Crippen molar-refractivity contribution in [1.82, 2.24) is 9.88 Å². The molecule has 1 saturated heterocycles. The standard InChI is InChI=1S/C19H24N4O3/c1-2-19(18(21)26)6-3-7-23(11-19)10-13-9-16(24)14-8-12(17(20)25)4-5-15(14)22-13/h4-5,8-9H,2-3,6-7,10-11H2,1H3,(H2,20,25)(H2,21,26)(H,22,24)/t19-/m0/s1. The van der Waals surface area contributed by atoms with E-state index in [2.05, 4.69) is 9.88 Å². The van der Waals surface area contributed by atoms with Crippen molar-refractivity contribution in [2.24, 2.45) is 16.9 Å². The van der Waals surface area contributed by atoms with Gasteiger partial charge in [0.05, 0.1) is 5.41 Å². The minimum absolute atomic E-state index is 0.162. The zero-order valence-corrected chi connectivity index (χ0v) is 14.9. The molecule has 7 nitrogen and oxygen atoms in total. The molecule has 7 heteroatoms. The Bertz CT molecular complexity index is 921. The largest absolute Gasteiger partial charge is 0.369 e. The summed E-state index contributed by atoms with van der Waals surface area (Å²) in [5, 5.41) is 0.434. The van der Waals surface area contributed by atoms with Crippen LogP contribution in [0.3, 0.4) is 0 Å². The third-order valence-electron chi connectivity index (χ3n) is 5.42. The van der Waals surface area contributed by atoms with Gasteiger partial charge in [-0.15, -0.1) is 0 Å². The molecule has 0 radical (unpaired) electrons. The molecule has 26 heavy (non-hydrogen) atoms. The number of nitrogens with two attached hydrogens (primary N) is 2. The fourth-order valence-electron chi connectivity index (χ4n) is 3.81. The van der Waals surface area contributed by atoms with E-state index in [1.54, 1.807) is 18.2 Å². The molecule has 2 amide bonds. The van der Waals surface area contributed by atoms with Gasteiger partial charge >= 0.3 is 0 Å². The number of likely N-dealkylation sites (tertiary alicyclic amines) is 1. The summed E-state index contributed by atoms with van der Waals surface area (Å²) in [6, 6.07) is 6.34. The lowest BCUT2D eigenvalue weighted by Crippen LogP contribution is -2.49. The molecule has 1 aliphatic rings. The van der Waals surface area contributed by atoms with E-state index in [-0.39, 0.29) is 11.3 Å².